The third-order valence-corrected chi connectivity index (χ3v) is 31.2. The second kappa shape index (κ2) is 43.5. The second-order valence-corrected chi connectivity index (χ2v) is 40.8. The molecule has 5 N–H and O–H groups in total. The summed E-state index contributed by atoms with van der Waals surface area (Å²) in [5.41, 5.74) is 13.3. The van der Waals surface area contributed by atoms with Crippen LogP contribution in [0.2, 0.25) is 5.02 Å². The molecule has 0 aliphatic heterocycles. The lowest BCUT2D eigenvalue weighted by molar-refractivity contribution is -0.385. The molecule has 0 aliphatic rings. The lowest BCUT2D eigenvalue weighted by Crippen LogP contribution is -2.13. The molecule has 654 valence electrons. The summed E-state index contributed by atoms with van der Waals surface area (Å²) in [6.07, 6.45) is 14.2. The number of carbonyl (C=O) groups excluding carboxylic acids is 1. The van der Waals surface area contributed by atoms with Gasteiger partial charge in [-0.05, 0) is 92.3 Å². The number of ether oxygens (including phenoxy) is 4. The topological polar surface area (TPSA) is 408 Å². The van der Waals surface area contributed by atoms with E-state index in [1.165, 1.54) is 82.8 Å². The van der Waals surface area contributed by atoms with E-state index in [1.54, 1.807) is 86.5 Å². The molecular weight excluding hydrogens is 1810 g/mol. The Hall–Kier alpha value is -9.61. The van der Waals surface area contributed by atoms with E-state index in [9.17, 15) is 32.1 Å². The Labute approximate surface area is 749 Å². The summed E-state index contributed by atoms with van der Waals surface area (Å²) < 4.78 is 103. The van der Waals surface area contributed by atoms with Crippen LogP contribution in [0.3, 0.4) is 0 Å². The van der Waals surface area contributed by atoms with Gasteiger partial charge in [0, 0.05) is 112 Å². The number of phosphoric ester groups is 1. The molecule has 0 saturated heterocycles. The fourth-order valence-electron chi connectivity index (χ4n) is 12.3. The molecule has 14 aromatic rings. The number of pyridine rings is 3. The van der Waals surface area contributed by atoms with Gasteiger partial charge in [-0.2, -0.15) is 0 Å². The third-order valence-electron chi connectivity index (χ3n) is 17.6. The molecule has 3 unspecified atom stereocenters. The Morgan fingerprint density at radius 2 is 1.45 bits per heavy atom. The molecule has 0 spiro atoms. The van der Waals surface area contributed by atoms with Crippen molar-refractivity contribution in [1.82, 2.24) is 54.4 Å². The number of anilines is 3. The van der Waals surface area contributed by atoms with Crippen LogP contribution in [-0.4, -0.2) is 165 Å². The van der Waals surface area contributed by atoms with Crippen molar-refractivity contribution in [3.63, 3.8) is 0 Å². The first-order valence-corrected chi connectivity index (χ1v) is 49.3. The van der Waals surface area contributed by atoms with Crippen molar-refractivity contribution in [3.05, 3.63) is 141 Å². The summed E-state index contributed by atoms with van der Waals surface area (Å²) >= 11 is 14.6. The van der Waals surface area contributed by atoms with Gasteiger partial charge in [0.15, 0.2) is 21.7 Å². The molecule has 1 amide bonds. The number of benzene rings is 2. The maximum absolute atomic E-state index is 16.1. The number of thiophene rings is 4. The van der Waals surface area contributed by atoms with Crippen LogP contribution in [0.5, 0.6) is 17.2 Å². The second-order valence-electron chi connectivity index (χ2n) is 27.8. The Morgan fingerprint density at radius 3 is 2.03 bits per heavy atom. The molecule has 0 fully saturated rings. The standard InChI is InChI=1S/C27H30N4O7S2.C22H23FN3O5PS3.C19H20ClN5OS2.C13H14N4O2S2/c1-4-5-13-40(34)27-24(31(32)33)23-21(17-22(30-26(23)39-27)25-28-7-6-8-29-25)18-14-19(37-11-9-35-2)16-20(15-18)38-12-10-36-3;1-12(2)11-35(30)22-19(26(3)4)16-15(13-5-7-14(8-6-13)31-32(27,28)29)17(23)18(25-20(16)34-22)21-24-9-10-33-21;1-6-7-8-27-19-15(23-11(3)26)12-14(18-22-10(2)9-25(18)5)24-17(21-4)13(20)16(12)28-19;1-3-6-21(18)13-8(14)10-12(20-13)17-9(7(2)16-10)11-15-4-5-19-11/h6-8,14-17H,4-5,9-13H2,1-3H3;5-10,12H,11H2,1-4H3,(H2,27,28,29);9H,6-8H2,1-3,5H3,(H,23,26);4-5H,3,6,14H2,1-2H3. The number of oxazole rings is 1. The highest BCUT2D eigenvalue weighted by Crippen LogP contribution is 2.53. The number of unbranched alkanes of at least 4 members (excludes halogenated alkanes) is 2. The van der Waals surface area contributed by atoms with Crippen molar-refractivity contribution >= 4 is 196 Å². The fourth-order valence-corrected chi connectivity index (χ4v) is 24.7. The number of halogens is 2. The smallest absolute Gasteiger partial charge is 0.491 e. The number of carbonyl (C=O) groups is 1. The molecule has 31 nitrogen and oxygen atoms in total. The number of rotatable bonds is 33. The Morgan fingerprint density at radius 1 is 0.790 bits per heavy atom. The number of thioether (sulfide) groups is 1. The van der Waals surface area contributed by atoms with Crippen molar-refractivity contribution in [2.24, 2.45) is 13.0 Å². The SMILES string of the molecule is CC(C)CS(=O)c1sc2nc(-c3nccs3)c(F)c(-c3ccc(OP(=O)(O)O)cc3)c2c1N(C)C.CCCCS(=O)c1sc2nc(-c3ncccn3)cc(-c3cc(OCCOC)cc(OCCOC)c3)c2c1[N+](=O)[O-].CCCS(=O)c1sc2nc(-c3ncco3)c(C)nc2c1N.[C-]#[N+]c1nc(-c2nc(C)cn2C)c2c(NC(C)=O)c(SCCCC)sc2c1Cl. The summed E-state index contributed by atoms with van der Waals surface area (Å²) in [5.74, 6) is 4.26. The number of amides is 1. The molecule has 12 aromatic heterocycles. The summed E-state index contributed by atoms with van der Waals surface area (Å²) in [4.78, 5) is 93.3. The van der Waals surface area contributed by atoms with Crippen LogP contribution in [0.15, 0.2) is 118 Å². The maximum Gasteiger partial charge on any atom is 0.524 e. The predicted molar refractivity (Wildman–Crippen MR) is 494 cm³/mol. The first kappa shape index (κ1) is 95.1. The Balaban J connectivity index is 0.000000165. The molecule has 0 radical (unpaired) electrons. The normalized spacial score (nSPS) is 12.2. The van der Waals surface area contributed by atoms with E-state index in [2.05, 4.69) is 71.4 Å². The van der Waals surface area contributed by atoms with E-state index in [4.69, 9.17) is 57.1 Å². The number of hydrogen-bond donors (Lipinski definition) is 4. The number of nitrogens with two attached hydrogens (primary N) is 1. The molecule has 3 atom stereocenters. The minimum absolute atomic E-state index is 0.0511. The van der Waals surface area contributed by atoms with Crippen molar-refractivity contribution in [2.75, 3.05) is 93.7 Å². The van der Waals surface area contributed by atoms with Crippen LogP contribution in [-0.2, 0) is 58.3 Å². The summed E-state index contributed by atoms with van der Waals surface area (Å²) in [6, 6.07) is 14.5. The number of aromatic nitrogens is 11. The van der Waals surface area contributed by atoms with Crippen LogP contribution < -0.4 is 29.9 Å². The van der Waals surface area contributed by atoms with E-state index in [0.717, 1.165) is 62.8 Å². The van der Waals surface area contributed by atoms with Crippen LogP contribution in [0, 0.1) is 42.3 Å². The number of imidazole rings is 1. The van der Waals surface area contributed by atoms with E-state index in [1.807, 2.05) is 78.3 Å². The van der Waals surface area contributed by atoms with E-state index in [-0.39, 0.29) is 44.5 Å². The Kier molecular flexibility index (Phi) is 33.4. The van der Waals surface area contributed by atoms with Gasteiger partial charge in [-0.3, -0.25) is 37.3 Å². The summed E-state index contributed by atoms with van der Waals surface area (Å²) in [6.45, 7) is 24.1. The number of nitrogen functional groups attached to an aromatic ring is 1. The van der Waals surface area contributed by atoms with E-state index < -0.39 is 51.0 Å². The van der Waals surface area contributed by atoms with Crippen LogP contribution in [0.25, 0.3) is 113 Å². The average molecular weight is 1900 g/mol. The van der Waals surface area contributed by atoms with Crippen LogP contribution in [0.4, 0.5) is 33.0 Å². The maximum atomic E-state index is 16.1. The van der Waals surface area contributed by atoms with E-state index in [0.29, 0.717) is 185 Å². The van der Waals surface area contributed by atoms with Crippen molar-refractivity contribution in [3.8, 4) is 84.8 Å². The first-order chi connectivity index (χ1) is 59.4. The molecule has 0 bridgehead atoms. The molecule has 0 saturated carbocycles. The largest absolute Gasteiger partial charge is 0.524 e. The van der Waals surface area contributed by atoms with Crippen LogP contribution in [0.1, 0.15) is 85.0 Å². The monoisotopic (exact) mass is 1900 g/mol. The van der Waals surface area contributed by atoms with Crippen LogP contribution >= 0.6 is 87.9 Å². The Bertz CT molecular complexity index is 6300. The lowest BCUT2D eigenvalue weighted by atomic mass is 10.0. The number of nitrogens with one attached hydrogen (secondary N) is 1. The third kappa shape index (κ3) is 22.8. The minimum atomic E-state index is -4.73. The number of thiazole rings is 1. The quantitative estimate of drug-likeness (QED) is 0.00741. The molecule has 124 heavy (non-hydrogen) atoms. The van der Waals surface area contributed by atoms with Gasteiger partial charge in [-0.1, -0.05) is 89.1 Å². The highest BCUT2D eigenvalue weighted by Gasteiger charge is 2.34. The van der Waals surface area contributed by atoms with Crippen molar-refractivity contribution < 1.29 is 69.0 Å². The number of aryl methyl sites for hydroxylation is 3. The zero-order chi connectivity index (χ0) is 89.4. The average Bonchev–Trinajstić information content (AvgIpc) is 1.58. The number of nitro groups is 1. The molecule has 0 aliphatic carbocycles. The van der Waals surface area contributed by atoms with Gasteiger partial charge in [0.25, 0.3) is 5.82 Å². The zero-order valence-electron chi connectivity index (χ0n) is 69.4. The molecular formula is C81H87ClFN16O15PS9. The number of phosphoric acid groups is 1. The van der Waals surface area contributed by atoms with Gasteiger partial charge in [-0.25, -0.2) is 53.8 Å². The highest BCUT2D eigenvalue weighted by molar-refractivity contribution is 8.01. The number of nitrogens with zero attached hydrogens (tertiary/aromatic N) is 14. The van der Waals surface area contributed by atoms with Gasteiger partial charge in [0.1, 0.15) is 87.2 Å². The molecule has 12 heterocycles. The van der Waals surface area contributed by atoms with Crippen molar-refractivity contribution in [2.45, 2.75) is 104 Å². The van der Waals surface area contributed by atoms with Gasteiger partial charge in [-0.15, -0.1) is 62.1 Å². The number of hydrogen-bond acceptors (Lipinski definition) is 31. The van der Waals surface area contributed by atoms with Gasteiger partial charge >= 0.3 is 13.5 Å². The number of methoxy groups -OCH3 is 2. The highest BCUT2D eigenvalue weighted by atomic mass is 35.5. The molecule has 14 rings (SSSR count). The first-order valence-electron chi connectivity index (χ1n) is 38.3. The molecule has 2 aromatic carbocycles. The van der Waals surface area contributed by atoms with Gasteiger partial charge in [0.2, 0.25) is 17.5 Å². The summed E-state index contributed by atoms with van der Waals surface area (Å²) in [7, 11) is -0.0376. The summed E-state index contributed by atoms with van der Waals surface area (Å²) in [5, 5.41) is 19.4. The minimum Gasteiger partial charge on any atom is -0.491 e. The number of fused-ring (bicyclic) bond motifs is 4. The van der Waals surface area contributed by atoms with Gasteiger partial charge in [0.05, 0.1) is 110 Å². The van der Waals surface area contributed by atoms with Gasteiger partial charge < -0.3 is 53.3 Å². The zero-order valence-corrected chi connectivity index (χ0v) is 78.4. The molecule has 43 heteroatoms. The van der Waals surface area contributed by atoms with E-state index >= 15 is 4.39 Å². The fraction of sp³-hybridized carbons (Fsp3) is 0.333. The van der Waals surface area contributed by atoms with Crippen molar-refractivity contribution in [1.29, 1.82) is 0 Å². The lowest BCUT2D eigenvalue weighted by Gasteiger charge is -2.17. The predicted octanol–water partition coefficient (Wildman–Crippen LogP) is 19.6.